The third kappa shape index (κ3) is 4.55. The lowest BCUT2D eigenvalue weighted by Gasteiger charge is -2.44. The van der Waals surface area contributed by atoms with Gasteiger partial charge in [-0.15, -0.1) is 10.2 Å². The lowest BCUT2D eigenvalue weighted by atomic mass is 9.95. The predicted octanol–water partition coefficient (Wildman–Crippen LogP) is 2.22. The number of amides is 1. The number of hydrogen-bond donors (Lipinski definition) is 2. The largest absolute Gasteiger partial charge is 0.508 e. The fraction of sp³-hybridized carbons (Fsp3) is 0.375. The van der Waals surface area contributed by atoms with Crippen LogP contribution in [0.15, 0.2) is 46.9 Å². The molecule has 2 aliphatic heterocycles. The number of rotatable bonds is 6. The number of phenols is 1. The Hall–Kier alpha value is -3.43. The average Bonchev–Trinajstić information content (AvgIpc) is 3.21. The van der Waals surface area contributed by atoms with Crippen molar-refractivity contribution in [2.24, 2.45) is 0 Å². The molecule has 9 nitrogen and oxygen atoms in total. The van der Waals surface area contributed by atoms with Crippen LogP contribution in [0, 0.1) is 6.92 Å². The van der Waals surface area contributed by atoms with Crippen molar-refractivity contribution in [3.63, 3.8) is 0 Å². The average molecular weight is 450 g/mol. The summed E-state index contributed by atoms with van der Waals surface area (Å²) < 4.78 is 11.5. The SMILES string of the molecule is Cc1cc(OC2CN(C(=O)c3nnc(-c4ccc(O)cc4)o3)C2)ccc1CN1CC(C)(O)C1. The molecule has 1 amide bonds. The van der Waals surface area contributed by atoms with E-state index in [4.69, 9.17) is 9.15 Å². The summed E-state index contributed by atoms with van der Waals surface area (Å²) >= 11 is 0. The Morgan fingerprint density at radius 2 is 1.91 bits per heavy atom. The molecule has 0 saturated carbocycles. The van der Waals surface area contributed by atoms with Gasteiger partial charge in [0.2, 0.25) is 5.89 Å². The van der Waals surface area contributed by atoms with Crippen molar-refractivity contribution in [3.05, 3.63) is 59.5 Å². The lowest BCUT2D eigenvalue weighted by molar-refractivity contribution is -0.0872. The molecule has 2 N–H and O–H groups in total. The van der Waals surface area contributed by atoms with Crippen LogP contribution < -0.4 is 4.74 Å². The van der Waals surface area contributed by atoms with Gasteiger partial charge in [0.15, 0.2) is 0 Å². The van der Waals surface area contributed by atoms with E-state index in [0.29, 0.717) is 31.7 Å². The second-order valence-corrected chi connectivity index (χ2v) is 9.14. The summed E-state index contributed by atoms with van der Waals surface area (Å²) in [6.07, 6.45) is -0.0934. The van der Waals surface area contributed by atoms with E-state index in [9.17, 15) is 15.0 Å². The fourth-order valence-electron chi connectivity index (χ4n) is 4.23. The highest BCUT2D eigenvalue weighted by Crippen LogP contribution is 2.27. The molecule has 2 saturated heterocycles. The molecule has 0 aliphatic carbocycles. The number of aromatic hydroxyl groups is 1. The highest BCUT2D eigenvalue weighted by molar-refractivity contribution is 5.90. The molecule has 1 aromatic heterocycles. The Morgan fingerprint density at radius 3 is 2.58 bits per heavy atom. The van der Waals surface area contributed by atoms with Crippen molar-refractivity contribution < 1.29 is 24.2 Å². The maximum atomic E-state index is 12.6. The van der Waals surface area contributed by atoms with Gasteiger partial charge < -0.3 is 24.3 Å². The Kier molecular flexibility index (Phi) is 5.30. The number of hydrogen-bond acceptors (Lipinski definition) is 8. The van der Waals surface area contributed by atoms with Crippen LogP contribution in [0.4, 0.5) is 0 Å². The third-order valence-electron chi connectivity index (χ3n) is 6.00. The summed E-state index contributed by atoms with van der Waals surface area (Å²) in [6.45, 7) is 6.98. The quantitative estimate of drug-likeness (QED) is 0.588. The molecule has 0 radical (unpaired) electrons. The summed E-state index contributed by atoms with van der Waals surface area (Å²) in [5.41, 5.74) is 2.41. The Balaban J connectivity index is 1.13. The molecule has 3 heterocycles. The first-order valence-corrected chi connectivity index (χ1v) is 10.9. The zero-order chi connectivity index (χ0) is 23.2. The molecule has 2 aromatic carbocycles. The number of β-amino-alcohol motifs (C(OH)–C–C–N with tert-alkyl or cyclic N) is 1. The number of carbonyl (C=O) groups excluding carboxylic acids is 1. The molecule has 2 aliphatic rings. The second-order valence-electron chi connectivity index (χ2n) is 9.14. The number of aryl methyl sites for hydroxylation is 1. The minimum absolute atomic E-state index is 0.0679. The van der Waals surface area contributed by atoms with Crippen LogP contribution in [0.3, 0.4) is 0 Å². The van der Waals surface area contributed by atoms with Crippen LogP contribution in [0.5, 0.6) is 11.5 Å². The van der Waals surface area contributed by atoms with Gasteiger partial charge in [0, 0.05) is 25.2 Å². The van der Waals surface area contributed by atoms with Gasteiger partial charge in [-0.05, 0) is 61.4 Å². The molecule has 9 heteroatoms. The maximum Gasteiger partial charge on any atom is 0.311 e. The van der Waals surface area contributed by atoms with Crippen LogP contribution in [0.25, 0.3) is 11.5 Å². The normalized spacial score (nSPS) is 18.0. The second kappa shape index (κ2) is 8.17. The van der Waals surface area contributed by atoms with Crippen LogP contribution >= 0.6 is 0 Å². The number of phenolic OH excluding ortho intramolecular Hbond substituents is 1. The zero-order valence-electron chi connectivity index (χ0n) is 18.6. The molecule has 0 atom stereocenters. The maximum absolute atomic E-state index is 12.6. The minimum atomic E-state index is -0.571. The van der Waals surface area contributed by atoms with Crippen LogP contribution in [0.2, 0.25) is 0 Å². The van der Waals surface area contributed by atoms with Gasteiger partial charge in [-0.25, -0.2) is 0 Å². The van der Waals surface area contributed by atoms with Gasteiger partial charge in [0.25, 0.3) is 0 Å². The van der Waals surface area contributed by atoms with Crippen LogP contribution in [-0.2, 0) is 6.54 Å². The van der Waals surface area contributed by atoms with Crippen molar-refractivity contribution in [3.8, 4) is 23.0 Å². The molecule has 0 bridgehead atoms. The van der Waals surface area contributed by atoms with Crippen molar-refractivity contribution in [2.75, 3.05) is 26.2 Å². The Bertz CT molecular complexity index is 1160. The third-order valence-corrected chi connectivity index (χ3v) is 6.00. The monoisotopic (exact) mass is 450 g/mol. The number of nitrogens with zero attached hydrogens (tertiary/aromatic N) is 4. The molecular formula is C24H26N4O5. The highest BCUT2D eigenvalue weighted by Gasteiger charge is 2.37. The number of aliphatic hydroxyl groups is 1. The van der Waals surface area contributed by atoms with Gasteiger partial charge in [0.1, 0.15) is 17.6 Å². The molecule has 3 aromatic rings. The lowest BCUT2D eigenvalue weighted by Crippen LogP contribution is -2.59. The number of likely N-dealkylation sites (tertiary alicyclic amines) is 2. The summed E-state index contributed by atoms with van der Waals surface area (Å²) in [5.74, 6) is 0.739. The van der Waals surface area contributed by atoms with Crippen molar-refractivity contribution in [1.29, 1.82) is 0 Å². The summed E-state index contributed by atoms with van der Waals surface area (Å²) in [4.78, 5) is 16.4. The molecule has 172 valence electrons. The first-order chi connectivity index (χ1) is 15.8. The molecule has 5 rings (SSSR count). The van der Waals surface area contributed by atoms with E-state index in [1.165, 1.54) is 17.7 Å². The number of ether oxygens (including phenoxy) is 1. The first-order valence-electron chi connectivity index (χ1n) is 10.9. The van der Waals surface area contributed by atoms with E-state index < -0.39 is 5.60 Å². The van der Waals surface area contributed by atoms with E-state index >= 15 is 0 Å². The van der Waals surface area contributed by atoms with Crippen molar-refractivity contribution in [1.82, 2.24) is 20.0 Å². The predicted molar refractivity (Wildman–Crippen MR) is 119 cm³/mol. The molecule has 2 fully saturated rings. The summed E-state index contributed by atoms with van der Waals surface area (Å²) in [6, 6.07) is 12.3. The van der Waals surface area contributed by atoms with Crippen LogP contribution in [-0.4, -0.2) is 74.0 Å². The van der Waals surface area contributed by atoms with Gasteiger partial charge >= 0.3 is 11.8 Å². The highest BCUT2D eigenvalue weighted by atomic mass is 16.5. The Morgan fingerprint density at radius 1 is 1.18 bits per heavy atom. The van der Waals surface area contributed by atoms with E-state index in [0.717, 1.165) is 17.9 Å². The van der Waals surface area contributed by atoms with E-state index in [1.807, 2.05) is 19.1 Å². The molecule has 0 unspecified atom stereocenters. The van der Waals surface area contributed by atoms with Gasteiger partial charge in [-0.3, -0.25) is 9.69 Å². The van der Waals surface area contributed by atoms with Gasteiger partial charge in [0.05, 0.1) is 18.7 Å². The zero-order valence-corrected chi connectivity index (χ0v) is 18.6. The number of carbonyl (C=O) groups is 1. The molecule has 33 heavy (non-hydrogen) atoms. The van der Waals surface area contributed by atoms with Crippen LogP contribution in [0.1, 0.15) is 28.7 Å². The smallest absolute Gasteiger partial charge is 0.311 e. The first kappa shape index (κ1) is 21.4. The topological polar surface area (TPSA) is 112 Å². The van der Waals surface area contributed by atoms with Crippen molar-refractivity contribution in [2.45, 2.75) is 32.1 Å². The standard InChI is InChI=1S/C24H26N4O5/c1-15-9-19(8-5-17(15)10-27-13-24(2,31)14-27)32-20-11-28(12-20)23(30)22-26-25-21(33-22)16-3-6-18(29)7-4-16/h3-9,20,29,31H,10-14H2,1-2H3. The summed E-state index contributed by atoms with van der Waals surface area (Å²) in [7, 11) is 0. The number of aromatic nitrogens is 2. The molecule has 0 spiro atoms. The number of benzene rings is 2. The van der Waals surface area contributed by atoms with Crippen molar-refractivity contribution >= 4 is 5.91 Å². The fourth-order valence-corrected chi connectivity index (χ4v) is 4.23. The van der Waals surface area contributed by atoms with E-state index in [2.05, 4.69) is 28.1 Å². The van der Waals surface area contributed by atoms with Gasteiger partial charge in [-0.2, -0.15) is 0 Å². The van der Waals surface area contributed by atoms with Gasteiger partial charge in [-0.1, -0.05) is 6.07 Å². The minimum Gasteiger partial charge on any atom is -0.508 e. The Labute approximate surface area is 191 Å². The van der Waals surface area contributed by atoms with E-state index in [1.54, 1.807) is 17.0 Å². The molecular weight excluding hydrogens is 424 g/mol. The van der Waals surface area contributed by atoms with E-state index in [-0.39, 0.29) is 29.5 Å². The summed E-state index contributed by atoms with van der Waals surface area (Å²) in [5, 5.41) is 27.1.